The number of likely N-dealkylation sites (N-methyl/N-ethyl adjacent to an activating group) is 1. The van der Waals surface area contributed by atoms with E-state index >= 15 is 0 Å². The van der Waals surface area contributed by atoms with Crippen LogP contribution in [0.1, 0.15) is 27.2 Å². The molecule has 0 aromatic heterocycles. The number of hydrogen-bond acceptors (Lipinski definition) is 3. The molecule has 0 atom stereocenters. The van der Waals surface area contributed by atoms with Gasteiger partial charge in [-0.25, -0.2) is 0 Å². The van der Waals surface area contributed by atoms with Gasteiger partial charge in [0.2, 0.25) is 0 Å². The first-order chi connectivity index (χ1) is 8.36. The van der Waals surface area contributed by atoms with Gasteiger partial charge in [-0.1, -0.05) is 26.0 Å². The maximum absolute atomic E-state index is 12.3. The molecule has 0 unspecified atom stereocenters. The lowest BCUT2D eigenvalue weighted by atomic mass is 10.3. The summed E-state index contributed by atoms with van der Waals surface area (Å²) in [7, 11) is -1.73. The molecule has 108 valence electrons. The molecule has 0 amide bonds. The van der Waals surface area contributed by atoms with Crippen LogP contribution in [0.15, 0.2) is 12.2 Å². The second kappa shape index (κ2) is 8.63. The van der Waals surface area contributed by atoms with E-state index in [2.05, 4.69) is 11.9 Å². The van der Waals surface area contributed by atoms with Gasteiger partial charge in [-0.15, -0.1) is 0 Å². The highest BCUT2D eigenvalue weighted by atomic mass is 32.2. The lowest BCUT2D eigenvalue weighted by molar-refractivity contribution is 0.377. The highest BCUT2D eigenvalue weighted by Crippen LogP contribution is 2.08. The number of nitrogens with zero attached hydrogens (tertiary/aromatic N) is 2. The van der Waals surface area contributed by atoms with Crippen LogP contribution in [-0.2, 0) is 10.2 Å². The van der Waals surface area contributed by atoms with E-state index in [0.717, 1.165) is 25.1 Å². The van der Waals surface area contributed by atoms with Gasteiger partial charge in [0.15, 0.2) is 0 Å². The van der Waals surface area contributed by atoms with E-state index in [1.54, 1.807) is 7.05 Å². The van der Waals surface area contributed by atoms with Gasteiger partial charge in [0.25, 0.3) is 10.2 Å². The van der Waals surface area contributed by atoms with E-state index in [1.165, 1.54) is 8.61 Å². The van der Waals surface area contributed by atoms with Gasteiger partial charge in [0.1, 0.15) is 0 Å². The molecule has 0 bridgehead atoms. The summed E-state index contributed by atoms with van der Waals surface area (Å²) in [5.74, 6) is 0. The van der Waals surface area contributed by atoms with E-state index in [0.29, 0.717) is 19.6 Å². The number of nitrogens with one attached hydrogen (secondary N) is 1. The summed E-state index contributed by atoms with van der Waals surface area (Å²) in [6.45, 7) is 12.6. The third kappa shape index (κ3) is 5.95. The molecule has 5 nitrogen and oxygen atoms in total. The molecular formula is C12H27N3O2S. The fourth-order valence-corrected chi connectivity index (χ4v) is 3.04. The second-order valence-electron chi connectivity index (χ2n) is 4.42. The predicted octanol–water partition coefficient (Wildman–Crippen LogP) is 1.06. The lowest BCUT2D eigenvalue weighted by Crippen LogP contribution is -2.43. The number of rotatable bonds is 10. The second-order valence-corrected chi connectivity index (χ2v) is 6.46. The summed E-state index contributed by atoms with van der Waals surface area (Å²) >= 11 is 0. The van der Waals surface area contributed by atoms with Crippen LogP contribution in [0.2, 0.25) is 0 Å². The van der Waals surface area contributed by atoms with Gasteiger partial charge >= 0.3 is 0 Å². The summed E-state index contributed by atoms with van der Waals surface area (Å²) < 4.78 is 27.4. The van der Waals surface area contributed by atoms with Crippen molar-refractivity contribution in [1.29, 1.82) is 0 Å². The van der Waals surface area contributed by atoms with Crippen molar-refractivity contribution >= 4 is 10.2 Å². The average Bonchev–Trinajstić information content (AvgIpc) is 2.30. The average molecular weight is 277 g/mol. The molecule has 0 radical (unpaired) electrons. The van der Waals surface area contributed by atoms with Gasteiger partial charge in [0, 0.05) is 26.7 Å². The fourth-order valence-electron chi connectivity index (χ4n) is 1.57. The van der Waals surface area contributed by atoms with Crippen molar-refractivity contribution in [1.82, 2.24) is 13.9 Å². The first-order valence-electron chi connectivity index (χ1n) is 6.42. The quantitative estimate of drug-likeness (QED) is 0.480. The van der Waals surface area contributed by atoms with Crippen LogP contribution in [-0.4, -0.2) is 56.8 Å². The molecule has 0 saturated carbocycles. The molecule has 0 aliphatic heterocycles. The van der Waals surface area contributed by atoms with E-state index in [-0.39, 0.29) is 0 Å². The fraction of sp³-hybridized carbons (Fsp3) is 0.833. The minimum atomic E-state index is -3.36. The van der Waals surface area contributed by atoms with Gasteiger partial charge in [-0.2, -0.15) is 17.0 Å². The van der Waals surface area contributed by atoms with Gasteiger partial charge in [-0.3, -0.25) is 0 Å². The molecule has 0 aliphatic carbocycles. The Bertz CT molecular complexity index is 341. The lowest BCUT2D eigenvalue weighted by Gasteiger charge is -2.26. The van der Waals surface area contributed by atoms with Crippen LogP contribution in [0.4, 0.5) is 0 Å². The van der Waals surface area contributed by atoms with E-state index in [1.807, 2.05) is 20.8 Å². The molecule has 0 spiro atoms. The standard InChI is InChI=1S/C12H27N3O2S/c1-6-13-9-8-10-14(5)18(16,17)15(7-2)11-12(3)4/h13H,3,6-11H2,1-2,4-5H3. The molecule has 6 heteroatoms. The van der Waals surface area contributed by atoms with Crippen molar-refractivity contribution in [3.8, 4) is 0 Å². The molecule has 0 aliphatic rings. The Hall–Kier alpha value is -0.430. The van der Waals surface area contributed by atoms with Crippen molar-refractivity contribution in [2.45, 2.75) is 27.2 Å². The maximum Gasteiger partial charge on any atom is 0.282 e. The topological polar surface area (TPSA) is 52.7 Å². The normalized spacial score (nSPS) is 12.3. The SMILES string of the molecule is C=C(C)CN(CC)S(=O)(=O)N(C)CCCNCC. The van der Waals surface area contributed by atoms with Gasteiger partial charge < -0.3 is 5.32 Å². The highest BCUT2D eigenvalue weighted by molar-refractivity contribution is 7.86. The Morgan fingerprint density at radius 3 is 2.39 bits per heavy atom. The van der Waals surface area contributed by atoms with E-state index in [9.17, 15) is 8.42 Å². The van der Waals surface area contributed by atoms with Crippen LogP contribution in [0.5, 0.6) is 0 Å². The molecule has 0 fully saturated rings. The molecule has 0 heterocycles. The largest absolute Gasteiger partial charge is 0.317 e. The Balaban J connectivity index is 4.43. The summed E-state index contributed by atoms with van der Waals surface area (Å²) in [6.07, 6.45) is 0.814. The highest BCUT2D eigenvalue weighted by Gasteiger charge is 2.24. The summed E-state index contributed by atoms with van der Waals surface area (Å²) in [6, 6.07) is 0. The summed E-state index contributed by atoms with van der Waals surface area (Å²) in [5.41, 5.74) is 0.849. The molecule has 1 N–H and O–H groups in total. The molecule has 0 aromatic carbocycles. The maximum atomic E-state index is 12.3. The zero-order valence-corrected chi connectivity index (χ0v) is 12.9. The van der Waals surface area contributed by atoms with Gasteiger partial charge in [-0.05, 0) is 26.4 Å². The Morgan fingerprint density at radius 1 is 1.33 bits per heavy atom. The van der Waals surface area contributed by atoms with Gasteiger partial charge in [0.05, 0.1) is 0 Å². The first-order valence-corrected chi connectivity index (χ1v) is 7.82. The third-order valence-corrected chi connectivity index (χ3v) is 4.61. The van der Waals surface area contributed by atoms with Crippen molar-refractivity contribution < 1.29 is 8.42 Å². The third-order valence-electron chi connectivity index (χ3n) is 2.60. The summed E-state index contributed by atoms with van der Waals surface area (Å²) in [5, 5.41) is 3.18. The smallest absolute Gasteiger partial charge is 0.282 e. The van der Waals surface area contributed by atoms with E-state index < -0.39 is 10.2 Å². The van der Waals surface area contributed by atoms with Crippen LogP contribution in [0.3, 0.4) is 0 Å². The first kappa shape index (κ1) is 17.6. The molecule has 0 rings (SSSR count). The monoisotopic (exact) mass is 277 g/mol. The summed E-state index contributed by atoms with van der Waals surface area (Å²) in [4.78, 5) is 0. The van der Waals surface area contributed by atoms with Crippen LogP contribution in [0, 0.1) is 0 Å². The molecule has 0 saturated heterocycles. The zero-order valence-electron chi connectivity index (χ0n) is 12.1. The number of hydrogen-bond donors (Lipinski definition) is 1. The van der Waals surface area contributed by atoms with Crippen LogP contribution in [0.25, 0.3) is 0 Å². The van der Waals surface area contributed by atoms with Crippen LogP contribution < -0.4 is 5.32 Å². The Morgan fingerprint density at radius 2 is 1.94 bits per heavy atom. The van der Waals surface area contributed by atoms with Crippen molar-refractivity contribution in [3.05, 3.63) is 12.2 Å². The molecular weight excluding hydrogens is 250 g/mol. The van der Waals surface area contributed by atoms with Crippen LogP contribution >= 0.6 is 0 Å². The Kier molecular flexibility index (Phi) is 8.43. The minimum absolute atomic E-state index is 0.385. The van der Waals surface area contributed by atoms with E-state index in [4.69, 9.17) is 0 Å². The molecule has 0 aromatic rings. The van der Waals surface area contributed by atoms with Crippen molar-refractivity contribution in [2.75, 3.05) is 39.8 Å². The minimum Gasteiger partial charge on any atom is -0.317 e. The van der Waals surface area contributed by atoms with Crippen molar-refractivity contribution in [2.24, 2.45) is 0 Å². The zero-order chi connectivity index (χ0) is 14.2. The van der Waals surface area contributed by atoms with Crippen molar-refractivity contribution in [3.63, 3.8) is 0 Å². The predicted molar refractivity (Wildman–Crippen MR) is 76.8 cm³/mol. The Labute approximate surface area is 112 Å². The molecule has 18 heavy (non-hydrogen) atoms.